The Bertz CT molecular complexity index is 372. The van der Waals surface area contributed by atoms with E-state index in [2.05, 4.69) is 44.8 Å². The number of hydrogen-bond donors (Lipinski definition) is 0. The third-order valence-corrected chi connectivity index (χ3v) is 4.60. The van der Waals surface area contributed by atoms with E-state index in [1.807, 2.05) is 0 Å². The van der Waals surface area contributed by atoms with Crippen LogP contribution in [-0.2, 0) is 4.74 Å². The van der Waals surface area contributed by atoms with E-state index in [1.54, 1.807) is 7.11 Å². The molecule has 0 aromatic carbocycles. The van der Waals surface area contributed by atoms with Crippen LogP contribution in [0.25, 0.3) is 0 Å². The van der Waals surface area contributed by atoms with Gasteiger partial charge in [-0.15, -0.1) is 0 Å². The van der Waals surface area contributed by atoms with Crippen LogP contribution in [-0.4, -0.2) is 25.1 Å². The van der Waals surface area contributed by atoms with Gasteiger partial charge in [0.1, 0.15) is 0 Å². The largest absolute Gasteiger partial charge is 0.384 e. The van der Waals surface area contributed by atoms with Crippen LogP contribution >= 0.6 is 0 Å². The van der Waals surface area contributed by atoms with E-state index in [-0.39, 0.29) is 0 Å². The van der Waals surface area contributed by atoms with Crippen LogP contribution in [0.15, 0.2) is 10.2 Å². The van der Waals surface area contributed by atoms with Crippen LogP contribution in [0.5, 0.6) is 0 Å². The van der Waals surface area contributed by atoms with Gasteiger partial charge < -0.3 is 4.74 Å². The molecule has 22 heavy (non-hydrogen) atoms. The smallest absolute Gasteiger partial charge is 0.0485 e. The van der Waals surface area contributed by atoms with E-state index in [0.717, 1.165) is 6.61 Å². The fourth-order valence-electron chi connectivity index (χ4n) is 3.50. The van der Waals surface area contributed by atoms with E-state index in [9.17, 15) is 0 Å². The topological polar surface area (TPSA) is 34.0 Å². The molecule has 2 rings (SSSR count). The van der Waals surface area contributed by atoms with Gasteiger partial charge in [0.2, 0.25) is 0 Å². The van der Waals surface area contributed by atoms with Gasteiger partial charge in [-0.3, -0.25) is 0 Å². The molecule has 0 aromatic rings. The highest BCUT2D eigenvalue weighted by Crippen LogP contribution is 2.34. The average Bonchev–Trinajstić information content (AvgIpc) is 2.40. The molecule has 3 nitrogen and oxygen atoms in total. The summed E-state index contributed by atoms with van der Waals surface area (Å²) < 4.78 is 4.80. The molecule has 2 atom stereocenters. The van der Waals surface area contributed by atoms with Gasteiger partial charge in [-0.2, -0.15) is 10.2 Å². The summed E-state index contributed by atoms with van der Waals surface area (Å²) in [6.07, 6.45) is 8.22. The predicted molar refractivity (Wildman–Crippen MR) is 96.8 cm³/mol. The van der Waals surface area contributed by atoms with Crippen LogP contribution in [0, 0.1) is 23.7 Å². The van der Waals surface area contributed by atoms with Crippen molar-refractivity contribution in [3.63, 3.8) is 0 Å². The highest BCUT2D eigenvalue weighted by Gasteiger charge is 2.32. The van der Waals surface area contributed by atoms with Crippen LogP contribution in [0.4, 0.5) is 0 Å². The number of fused-ring (bicyclic) bond motifs is 1. The van der Waals surface area contributed by atoms with Gasteiger partial charge in [0, 0.05) is 37.0 Å². The minimum Gasteiger partial charge on any atom is -0.384 e. The fraction of sp³-hybridized carbons (Fsp3) is 0.895. The summed E-state index contributed by atoms with van der Waals surface area (Å²) in [6, 6.07) is 0. The zero-order valence-corrected chi connectivity index (χ0v) is 15.6. The first-order valence-corrected chi connectivity index (χ1v) is 9.08. The lowest BCUT2D eigenvalue weighted by Gasteiger charge is -2.33. The molecule has 3 heteroatoms. The second-order valence-electron chi connectivity index (χ2n) is 7.47. The van der Waals surface area contributed by atoms with E-state index in [0.29, 0.717) is 23.7 Å². The summed E-state index contributed by atoms with van der Waals surface area (Å²) in [7, 11) is 1.72. The molecule has 0 N–H and O–H groups in total. The molecule has 1 aliphatic carbocycles. The monoisotopic (exact) mass is 308 g/mol. The van der Waals surface area contributed by atoms with Crippen LogP contribution < -0.4 is 0 Å². The Balaban J connectivity index is 0.000000346. The number of nitrogens with zero attached hydrogens (tertiary/aromatic N) is 2. The normalized spacial score (nSPS) is 25.5. The van der Waals surface area contributed by atoms with Gasteiger partial charge in [-0.25, -0.2) is 0 Å². The lowest BCUT2D eigenvalue weighted by Crippen LogP contribution is -2.35. The Kier molecular flexibility index (Phi) is 8.92. The molecule has 1 aliphatic heterocycles. The number of methoxy groups -OCH3 is 1. The summed E-state index contributed by atoms with van der Waals surface area (Å²) >= 11 is 0. The number of rotatable bonds is 3. The van der Waals surface area contributed by atoms with Crippen molar-refractivity contribution in [3.8, 4) is 0 Å². The maximum Gasteiger partial charge on any atom is 0.0485 e. The third-order valence-electron chi connectivity index (χ3n) is 4.60. The van der Waals surface area contributed by atoms with E-state index >= 15 is 0 Å². The molecule has 0 aromatic heterocycles. The van der Waals surface area contributed by atoms with Gasteiger partial charge in [-0.1, -0.05) is 53.4 Å². The van der Waals surface area contributed by atoms with Crippen molar-refractivity contribution in [2.45, 2.75) is 73.1 Å². The molecule has 1 saturated carbocycles. The van der Waals surface area contributed by atoms with Crippen molar-refractivity contribution in [1.29, 1.82) is 0 Å². The van der Waals surface area contributed by atoms with Crippen molar-refractivity contribution >= 4 is 11.4 Å². The molecule has 0 amide bonds. The molecular weight excluding hydrogens is 272 g/mol. The van der Waals surface area contributed by atoms with Crippen LogP contribution in [0.1, 0.15) is 73.1 Å². The lowest BCUT2D eigenvalue weighted by atomic mass is 9.74. The third kappa shape index (κ3) is 6.20. The minimum atomic E-state index is 0.559. The Hall–Kier alpha value is -0.700. The summed E-state index contributed by atoms with van der Waals surface area (Å²) in [4.78, 5) is 0. The first-order chi connectivity index (χ1) is 10.5. The number of ether oxygens (including phenoxy) is 1. The second kappa shape index (κ2) is 10.1. The molecule has 0 saturated heterocycles. The van der Waals surface area contributed by atoms with Crippen molar-refractivity contribution in [2.24, 2.45) is 33.9 Å². The Morgan fingerprint density at radius 3 is 2.00 bits per heavy atom. The van der Waals surface area contributed by atoms with Crippen LogP contribution in [0.3, 0.4) is 0 Å². The first kappa shape index (κ1) is 19.3. The van der Waals surface area contributed by atoms with Gasteiger partial charge in [0.15, 0.2) is 0 Å². The molecular formula is C19H36N2O. The lowest BCUT2D eigenvalue weighted by molar-refractivity contribution is 0.167. The molecule has 0 spiro atoms. The standard InChI is InChI=1S/C14H24N2.C5H12O/c1-10(2)14-13-9-7-5-4-6-8-12(13)11(3)15-16-14;1-5(2)4-6-3/h10,12-13H,4-9H2,1-3H3;5H,4H2,1-3H3. The van der Waals surface area contributed by atoms with E-state index < -0.39 is 0 Å². The zero-order valence-electron chi connectivity index (χ0n) is 15.6. The molecule has 1 heterocycles. The summed E-state index contributed by atoms with van der Waals surface area (Å²) in [5, 5.41) is 8.87. The average molecular weight is 309 g/mol. The van der Waals surface area contributed by atoms with E-state index in [1.165, 1.54) is 49.9 Å². The van der Waals surface area contributed by atoms with Crippen LogP contribution in [0.2, 0.25) is 0 Å². The van der Waals surface area contributed by atoms with Gasteiger partial charge in [0.25, 0.3) is 0 Å². The van der Waals surface area contributed by atoms with Gasteiger partial charge >= 0.3 is 0 Å². The maximum atomic E-state index is 4.80. The van der Waals surface area contributed by atoms with Crippen molar-refractivity contribution in [1.82, 2.24) is 0 Å². The number of hydrogen-bond acceptors (Lipinski definition) is 3. The molecule has 0 radical (unpaired) electrons. The highest BCUT2D eigenvalue weighted by atomic mass is 16.5. The minimum absolute atomic E-state index is 0.559. The zero-order chi connectivity index (χ0) is 16.5. The molecule has 2 unspecified atom stereocenters. The van der Waals surface area contributed by atoms with Gasteiger partial charge in [-0.05, 0) is 31.6 Å². The molecule has 2 aliphatic rings. The SMILES string of the molecule is CC1=NN=C(C(C)C)C2CCCCCCC12.COCC(C)C. The van der Waals surface area contributed by atoms with Crippen molar-refractivity contribution < 1.29 is 4.74 Å². The molecule has 1 fully saturated rings. The molecule has 128 valence electrons. The maximum absolute atomic E-state index is 4.80. The quantitative estimate of drug-likeness (QED) is 0.692. The van der Waals surface area contributed by atoms with Crippen molar-refractivity contribution in [2.75, 3.05) is 13.7 Å². The summed E-state index contributed by atoms with van der Waals surface area (Å²) in [5.41, 5.74) is 2.63. The Labute approximate surface area is 137 Å². The molecule has 0 bridgehead atoms. The summed E-state index contributed by atoms with van der Waals surface area (Å²) in [6.45, 7) is 11.8. The van der Waals surface area contributed by atoms with E-state index in [4.69, 9.17) is 4.74 Å². The second-order valence-corrected chi connectivity index (χ2v) is 7.47. The predicted octanol–water partition coefficient (Wildman–Crippen LogP) is 5.35. The Morgan fingerprint density at radius 2 is 1.55 bits per heavy atom. The van der Waals surface area contributed by atoms with Crippen molar-refractivity contribution in [3.05, 3.63) is 0 Å². The van der Waals surface area contributed by atoms with Gasteiger partial charge in [0.05, 0.1) is 0 Å². The first-order valence-electron chi connectivity index (χ1n) is 9.08. The summed E-state index contributed by atoms with van der Waals surface area (Å²) in [5.74, 6) is 2.62. The highest BCUT2D eigenvalue weighted by molar-refractivity contribution is 5.97. The Morgan fingerprint density at radius 1 is 0.955 bits per heavy atom. The fourth-order valence-corrected chi connectivity index (χ4v) is 3.50.